The van der Waals surface area contributed by atoms with Crippen molar-refractivity contribution in [1.29, 1.82) is 0 Å². The van der Waals surface area contributed by atoms with Crippen LogP contribution in [0, 0.1) is 0 Å². The number of rotatable bonds is 3. The van der Waals surface area contributed by atoms with E-state index in [1.165, 1.54) is 0 Å². The highest BCUT2D eigenvalue weighted by Gasteiger charge is 2.09. The third-order valence-corrected chi connectivity index (χ3v) is 3.75. The van der Waals surface area contributed by atoms with E-state index >= 15 is 0 Å². The van der Waals surface area contributed by atoms with Crippen molar-refractivity contribution in [2.75, 3.05) is 5.43 Å². The zero-order valence-corrected chi connectivity index (χ0v) is 13.3. The normalized spacial score (nSPS) is 11.5. The van der Waals surface area contributed by atoms with Crippen molar-refractivity contribution in [2.24, 2.45) is 5.10 Å². The van der Waals surface area contributed by atoms with Gasteiger partial charge in [0.05, 0.1) is 6.21 Å². The highest BCUT2D eigenvalue weighted by Crippen LogP contribution is 2.25. The second-order valence-electron chi connectivity index (χ2n) is 4.80. The Labute approximate surface area is 139 Å². The molecule has 2 N–H and O–H groups in total. The lowest BCUT2D eigenvalue weighted by Gasteiger charge is -1.97. The van der Waals surface area contributed by atoms with E-state index in [1.807, 2.05) is 30.3 Å². The molecule has 112 valence electrons. The quantitative estimate of drug-likeness (QED) is 0.428. The summed E-state index contributed by atoms with van der Waals surface area (Å²) in [6.07, 6.45) is 5.07. The molecule has 23 heavy (non-hydrogen) atoms. The van der Waals surface area contributed by atoms with Gasteiger partial charge in [-0.25, -0.2) is 5.43 Å². The number of aromatic amines is 1. The predicted molar refractivity (Wildman–Crippen MR) is 92.3 cm³/mol. The molecule has 0 amide bonds. The predicted octanol–water partition coefficient (Wildman–Crippen LogP) is 3.11. The molecule has 1 aromatic carbocycles. The molecule has 0 saturated carbocycles. The Morgan fingerprint density at radius 2 is 2.00 bits per heavy atom. The van der Waals surface area contributed by atoms with E-state index in [4.69, 9.17) is 0 Å². The average Bonchev–Trinajstić information content (AvgIpc) is 2.93. The van der Waals surface area contributed by atoms with Crippen LogP contribution >= 0.6 is 15.9 Å². The first kappa shape index (κ1) is 13.8. The lowest BCUT2D eigenvalue weighted by molar-refractivity contribution is 1.01. The number of hydrazone groups is 1. The van der Waals surface area contributed by atoms with Crippen LogP contribution in [-0.4, -0.2) is 31.4 Å². The van der Waals surface area contributed by atoms with Gasteiger partial charge < -0.3 is 4.98 Å². The van der Waals surface area contributed by atoms with E-state index in [0.717, 1.165) is 26.5 Å². The largest absolute Gasteiger partial charge is 0.338 e. The van der Waals surface area contributed by atoms with Gasteiger partial charge in [-0.15, -0.1) is 10.2 Å². The molecule has 0 saturated heterocycles. The third-order valence-electron chi connectivity index (χ3n) is 3.26. The van der Waals surface area contributed by atoms with Crippen LogP contribution in [-0.2, 0) is 0 Å². The van der Waals surface area contributed by atoms with E-state index < -0.39 is 0 Å². The molecule has 4 aromatic rings. The van der Waals surface area contributed by atoms with Gasteiger partial charge in [0.1, 0.15) is 5.52 Å². The Morgan fingerprint density at radius 3 is 2.87 bits per heavy atom. The molecule has 3 heterocycles. The maximum Gasteiger partial charge on any atom is 0.265 e. The minimum atomic E-state index is 0.327. The van der Waals surface area contributed by atoms with Crippen LogP contribution in [0.4, 0.5) is 5.95 Å². The zero-order chi connectivity index (χ0) is 15.6. The molecule has 7 nitrogen and oxygen atoms in total. The Bertz CT molecular complexity index is 1010. The number of hydrogen-bond donors (Lipinski definition) is 2. The lowest BCUT2D eigenvalue weighted by atomic mass is 10.2. The van der Waals surface area contributed by atoms with Gasteiger partial charge in [-0.3, -0.25) is 4.98 Å². The number of aromatic nitrogens is 5. The number of halogens is 1. The topological polar surface area (TPSA) is 91.7 Å². The van der Waals surface area contributed by atoms with E-state index in [9.17, 15) is 0 Å². The minimum absolute atomic E-state index is 0.327. The summed E-state index contributed by atoms with van der Waals surface area (Å²) in [5.74, 6) is 0.327. The fourth-order valence-corrected chi connectivity index (χ4v) is 2.57. The van der Waals surface area contributed by atoms with Gasteiger partial charge in [0.2, 0.25) is 0 Å². The number of H-pyrrole nitrogens is 1. The van der Waals surface area contributed by atoms with E-state index in [1.54, 1.807) is 18.6 Å². The molecule has 0 bridgehead atoms. The fourth-order valence-electron chi connectivity index (χ4n) is 2.20. The second kappa shape index (κ2) is 5.73. The minimum Gasteiger partial charge on any atom is -0.338 e. The van der Waals surface area contributed by atoms with Crippen molar-refractivity contribution in [3.8, 4) is 0 Å². The first-order valence-corrected chi connectivity index (χ1v) is 7.60. The van der Waals surface area contributed by atoms with Crippen LogP contribution < -0.4 is 5.43 Å². The summed E-state index contributed by atoms with van der Waals surface area (Å²) in [6.45, 7) is 0. The van der Waals surface area contributed by atoms with Crippen molar-refractivity contribution in [3.05, 3.63) is 52.8 Å². The Hall–Kier alpha value is -2.87. The Balaban J connectivity index is 1.64. The molecule has 8 heteroatoms. The highest BCUT2D eigenvalue weighted by atomic mass is 79.9. The number of fused-ring (bicyclic) bond motifs is 3. The van der Waals surface area contributed by atoms with Gasteiger partial charge in [-0.05, 0) is 35.9 Å². The first-order valence-electron chi connectivity index (χ1n) is 6.80. The van der Waals surface area contributed by atoms with E-state index in [-0.39, 0.29) is 0 Å². The van der Waals surface area contributed by atoms with Crippen LogP contribution in [0.2, 0.25) is 0 Å². The van der Waals surface area contributed by atoms with E-state index in [0.29, 0.717) is 11.6 Å². The van der Waals surface area contributed by atoms with Crippen LogP contribution in [0.25, 0.3) is 22.1 Å². The highest BCUT2D eigenvalue weighted by molar-refractivity contribution is 9.10. The average molecular weight is 368 g/mol. The van der Waals surface area contributed by atoms with Crippen molar-refractivity contribution in [3.63, 3.8) is 0 Å². The van der Waals surface area contributed by atoms with E-state index in [2.05, 4.69) is 51.6 Å². The zero-order valence-electron chi connectivity index (χ0n) is 11.7. The maximum atomic E-state index is 4.39. The monoisotopic (exact) mass is 367 g/mol. The van der Waals surface area contributed by atoms with Crippen molar-refractivity contribution >= 4 is 50.2 Å². The first-order chi connectivity index (χ1) is 11.3. The van der Waals surface area contributed by atoms with Gasteiger partial charge in [0, 0.05) is 27.8 Å². The molecule has 0 spiro atoms. The maximum absolute atomic E-state index is 4.39. The number of hydrogen-bond acceptors (Lipinski definition) is 6. The molecule has 0 aliphatic rings. The van der Waals surface area contributed by atoms with Crippen molar-refractivity contribution in [2.45, 2.75) is 0 Å². The number of nitrogens with one attached hydrogen (secondary N) is 2. The smallest absolute Gasteiger partial charge is 0.265 e. The standard InChI is InChI=1S/C15H10BrN7/c16-10-1-2-12-11(7-10)13-14(19-12)20-15(23-21-13)22-18-8-9-3-5-17-6-4-9/h1-8H,(H2,19,20,22,23). The van der Waals surface area contributed by atoms with Crippen LogP contribution in [0.15, 0.2) is 52.3 Å². The lowest BCUT2D eigenvalue weighted by Crippen LogP contribution is -1.98. The van der Waals surface area contributed by atoms with Gasteiger partial charge in [-0.2, -0.15) is 10.1 Å². The second-order valence-corrected chi connectivity index (χ2v) is 5.71. The van der Waals surface area contributed by atoms with Gasteiger partial charge >= 0.3 is 0 Å². The number of pyridine rings is 1. The van der Waals surface area contributed by atoms with Crippen molar-refractivity contribution < 1.29 is 0 Å². The number of benzene rings is 1. The molecule has 0 unspecified atom stereocenters. The van der Waals surface area contributed by atoms with Gasteiger partial charge in [0.15, 0.2) is 5.65 Å². The molecule has 0 aliphatic heterocycles. The Kier molecular flexibility index (Phi) is 3.43. The Morgan fingerprint density at radius 1 is 1.13 bits per heavy atom. The third kappa shape index (κ3) is 2.76. The molecule has 0 atom stereocenters. The molecule has 4 rings (SSSR count). The summed E-state index contributed by atoms with van der Waals surface area (Å²) in [4.78, 5) is 11.6. The van der Waals surface area contributed by atoms with Gasteiger partial charge in [-0.1, -0.05) is 15.9 Å². The molecular formula is C15H10BrN7. The van der Waals surface area contributed by atoms with Crippen LogP contribution in [0.3, 0.4) is 0 Å². The molecule has 0 radical (unpaired) electrons. The summed E-state index contributed by atoms with van der Waals surface area (Å²) in [5.41, 5.74) is 6.05. The summed E-state index contributed by atoms with van der Waals surface area (Å²) < 4.78 is 0.983. The summed E-state index contributed by atoms with van der Waals surface area (Å²) in [6, 6.07) is 9.62. The fraction of sp³-hybridized carbons (Fsp3) is 0. The van der Waals surface area contributed by atoms with Gasteiger partial charge in [0.25, 0.3) is 5.95 Å². The molecular weight excluding hydrogens is 358 g/mol. The SMILES string of the molecule is Brc1ccc2[nH]c3nc(NN=Cc4ccncc4)nnc3c2c1. The summed E-state index contributed by atoms with van der Waals surface area (Å²) >= 11 is 3.46. The molecule has 3 aromatic heterocycles. The summed E-state index contributed by atoms with van der Waals surface area (Å²) in [5, 5.41) is 13.4. The molecule has 0 fully saturated rings. The molecule has 0 aliphatic carbocycles. The van der Waals surface area contributed by atoms with Crippen molar-refractivity contribution in [1.82, 2.24) is 25.1 Å². The summed E-state index contributed by atoms with van der Waals surface area (Å²) in [7, 11) is 0. The number of anilines is 1. The van der Waals surface area contributed by atoms with Crippen LogP contribution in [0.1, 0.15) is 5.56 Å². The number of nitrogens with zero attached hydrogens (tertiary/aromatic N) is 5. The van der Waals surface area contributed by atoms with Crippen LogP contribution in [0.5, 0.6) is 0 Å².